The molecule has 0 amide bonds. The molecule has 6 heteroatoms. The van der Waals surface area contributed by atoms with Crippen molar-refractivity contribution in [1.29, 1.82) is 0 Å². The standard InChI is InChI=1S/C16H12ClFN2O.ClH/c1-9-6-12(18)15(8-16(9)21)20-13-4-5-19-14-7-10(17)2-3-11(13)14;/h2-8,21H,1H3,(H,19,20);1H. The van der Waals surface area contributed by atoms with Gasteiger partial charge in [-0.25, -0.2) is 4.39 Å². The van der Waals surface area contributed by atoms with Gasteiger partial charge in [-0.05, 0) is 42.8 Å². The second-order valence-electron chi connectivity index (χ2n) is 4.76. The van der Waals surface area contributed by atoms with E-state index >= 15 is 0 Å². The Kier molecular flexibility index (Phi) is 4.74. The Hall–Kier alpha value is -2.04. The Morgan fingerprint density at radius 3 is 2.68 bits per heavy atom. The number of rotatable bonds is 2. The summed E-state index contributed by atoms with van der Waals surface area (Å²) >= 11 is 5.94. The van der Waals surface area contributed by atoms with Crippen molar-refractivity contribution in [3.8, 4) is 5.75 Å². The molecule has 0 spiro atoms. The molecular weight excluding hydrogens is 326 g/mol. The van der Waals surface area contributed by atoms with Crippen LogP contribution in [-0.4, -0.2) is 10.1 Å². The van der Waals surface area contributed by atoms with Crippen LogP contribution in [-0.2, 0) is 0 Å². The highest BCUT2D eigenvalue weighted by Gasteiger charge is 2.09. The van der Waals surface area contributed by atoms with Crippen molar-refractivity contribution in [3.05, 3.63) is 59.0 Å². The van der Waals surface area contributed by atoms with Crippen LogP contribution < -0.4 is 5.32 Å². The van der Waals surface area contributed by atoms with Crippen molar-refractivity contribution in [3.63, 3.8) is 0 Å². The molecule has 2 N–H and O–H groups in total. The minimum atomic E-state index is -0.427. The van der Waals surface area contributed by atoms with Gasteiger partial charge in [-0.3, -0.25) is 4.98 Å². The van der Waals surface area contributed by atoms with E-state index in [0.717, 1.165) is 5.39 Å². The average Bonchev–Trinajstić information content (AvgIpc) is 2.44. The van der Waals surface area contributed by atoms with Gasteiger partial charge >= 0.3 is 0 Å². The zero-order chi connectivity index (χ0) is 15.0. The summed E-state index contributed by atoms with van der Waals surface area (Å²) in [5, 5.41) is 14.1. The molecule has 0 aliphatic rings. The highest BCUT2D eigenvalue weighted by atomic mass is 35.5. The molecule has 1 aromatic heterocycles. The van der Waals surface area contributed by atoms with Crippen LogP contribution in [0.4, 0.5) is 15.8 Å². The fraction of sp³-hybridized carbons (Fsp3) is 0.0625. The number of aromatic nitrogens is 1. The van der Waals surface area contributed by atoms with Crippen LogP contribution in [0.5, 0.6) is 5.75 Å². The number of halogens is 3. The smallest absolute Gasteiger partial charge is 0.147 e. The van der Waals surface area contributed by atoms with Gasteiger partial charge < -0.3 is 10.4 Å². The molecule has 1 heterocycles. The molecule has 0 bridgehead atoms. The molecule has 114 valence electrons. The van der Waals surface area contributed by atoms with Gasteiger partial charge in [0.05, 0.1) is 11.2 Å². The molecule has 0 aliphatic carbocycles. The zero-order valence-electron chi connectivity index (χ0n) is 11.6. The van der Waals surface area contributed by atoms with Crippen molar-refractivity contribution in [1.82, 2.24) is 4.98 Å². The Bertz CT molecular complexity index is 840. The lowest BCUT2D eigenvalue weighted by Crippen LogP contribution is -1.96. The number of nitrogens with zero attached hydrogens (tertiary/aromatic N) is 1. The number of phenolic OH excluding ortho intramolecular Hbond substituents is 1. The molecule has 0 unspecified atom stereocenters. The number of aromatic hydroxyl groups is 1. The van der Waals surface area contributed by atoms with Gasteiger partial charge in [0.1, 0.15) is 11.6 Å². The summed E-state index contributed by atoms with van der Waals surface area (Å²) in [6.07, 6.45) is 1.62. The summed E-state index contributed by atoms with van der Waals surface area (Å²) < 4.78 is 14.0. The summed E-state index contributed by atoms with van der Waals surface area (Å²) in [6.45, 7) is 1.64. The van der Waals surface area contributed by atoms with E-state index in [1.165, 1.54) is 12.1 Å². The van der Waals surface area contributed by atoms with E-state index in [2.05, 4.69) is 10.3 Å². The molecule has 3 rings (SSSR count). The molecule has 0 saturated carbocycles. The Morgan fingerprint density at radius 1 is 1.14 bits per heavy atom. The average molecular weight is 339 g/mol. The van der Waals surface area contributed by atoms with E-state index in [1.54, 1.807) is 31.3 Å². The third-order valence-electron chi connectivity index (χ3n) is 3.26. The first-order valence-corrected chi connectivity index (χ1v) is 6.73. The van der Waals surface area contributed by atoms with E-state index in [-0.39, 0.29) is 23.8 Å². The maximum absolute atomic E-state index is 14.0. The monoisotopic (exact) mass is 338 g/mol. The predicted octanol–water partition coefficient (Wildman–Crippen LogP) is 5.21. The van der Waals surface area contributed by atoms with E-state index in [9.17, 15) is 9.50 Å². The fourth-order valence-electron chi connectivity index (χ4n) is 2.13. The highest BCUT2D eigenvalue weighted by Crippen LogP contribution is 2.31. The number of hydrogen-bond donors (Lipinski definition) is 2. The number of fused-ring (bicyclic) bond motifs is 1. The number of pyridine rings is 1. The molecular formula is C16H13Cl2FN2O. The van der Waals surface area contributed by atoms with Crippen LogP contribution >= 0.6 is 24.0 Å². The van der Waals surface area contributed by atoms with E-state index in [4.69, 9.17) is 11.6 Å². The highest BCUT2D eigenvalue weighted by molar-refractivity contribution is 6.31. The lowest BCUT2D eigenvalue weighted by atomic mass is 10.1. The van der Waals surface area contributed by atoms with Crippen LogP contribution in [0.3, 0.4) is 0 Å². The molecule has 2 aromatic carbocycles. The van der Waals surface area contributed by atoms with E-state index in [0.29, 0.717) is 21.8 Å². The van der Waals surface area contributed by atoms with Gasteiger partial charge in [0.15, 0.2) is 0 Å². The van der Waals surface area contributed by atoms with Gasteiger partial charge in [0.25, 0.3) is 0 Å². The topological polar surface area (TPSA) is 45.2 Å². The minimum Gasteiger partial charge on any atom is -0.508 e. The number of benzene rings is 2. The SMILES string of the molecule is Cc1cc(F)c(Nc2ccnc3cc(Cl)ccc23)cc1O.Cl. The fourth-order valence-corrected chi connectivity index (χ4v) is 2.30. The van der Waals surface area contributed by atoms with Gasteiger partial charge in [0.2, 0.25) is 0 Å². The molecule has 3 aromatic rings. The normalized spacial score (nSPS) is 10.3. The Labute approximate surface area is 138 Å². The van der Waals surface area contributed by atoms with Crippen molar-refractivity contribution in [2.24, 2.45) is 0 Å². The van der Waals surface area contributed by atoms with Gasteiger partial charge in [0, 0.05) is 28.4 Å². The van der Waals surface area contributed by atoms with Crippen LogP contribution in [0.25, 0.3) is 10.9 Å². The number of aryl methyl sites for hydroxylation is 1. The summed E-state index contributed by atoms with van der Waals surface area (Å²) in [5.74, 6) is -0.385. The summed E-state index contributed by atoms with van der Waals surface area (Å²) in [4.78, 5) is 4.23. The Morgan fingerprint density at radius 2 is 1.91 bits per heavy atom. The van der Waals surface area contributed by atoms with Crippen molar-refractivity contribution in [2.75, 3.05) is 5.32 Å². The van der Waals surface area contributed by atoms with Crippen LogP contribution in [0, 0.1) is 12.7 Å². The lowest BCUT2D eigenvalue weighted by Gasteiger charge is -2.11. The minimum absolute atomic E-state index is 0. The van der Waals surface area contributed by atoms with Crippen molar-refractivity contribution < 1.29 is 9.50 Å². The van der Waals surface area contributed by atoms with E-state index < -0.39 is 5.82 Å². The first kappa shape index (κ1) is 16.3. The van der Waals surface area contributed by atoms with Crippen LogP contribution in [0.15, 0.2) is 42.6 Å². The summed E-state index contributed by atoms with van der Waals surface area (Å²) in [5.41, 5.74) is 2.10. The largest absolute Gasteiger partial charge is 0.508 e. The van der Waals surface area contributed by atoms with Gasteiger partial charge in [-0.1, -0.05) is 11.6 Å². The Balaban J connectivity index is 0.00000176. The molecule has 3 nitrogen and oxygen atoms in total. The quantitative estimate of drug-likeness (QED) is 0.674. The molecule has 0 radical (unpaired) electrons. The number of hydrogen-bond acceptors (Lipinski definition) is 3. The van der Waals surface area contributed by atoms with Gasteiger partial charge in [-0.2, -0.15) is 0 Å². The van der Waals surface area contributed by atoms with Gasteiger partial charge in [-0.15, -0.1) is 12.4 Å². The summed E-state index contributed by atoms with van der Waals surface area (Å²) in [6, 6.07) is 9.71. The first-order chi connectivity index (χ1) is 10.0. The molecule has 0 atom stereocenters. The van der Waals surface area contributed by atoms with Crippen LogP contribution in [0.2, 0.25) is 5.02 Å². The van der Waals surface area contributed by atoms with Crippen molar-refractivity contribution in [2.45, 2.75) is 6.92 Å². The second-order valence-corrected chi connectivity index (χ2v) is 5.20. The number of anilines is 2. The molecule has 0 saturated heterocycles. The first-order valence-electron chi connectivity index (χ1n) is 6.35. The molecule has 0 fully saturated rings. The predicted molar refractivity (Wildman–Crippen MR) is 90.1 cm³/mol. The van der Waals surface area contributed by atoms with Crippen molar-refractivity contribution >= 4 is 46.3 Å². The van der Waals surface area contributed by atoms with Crippen LogP contribution in [0.1, 0.15) is 5.56 Å². The molecule has 0 aliphatic heterocycles. The second kappa shape index (κ2) is 6.38. The summed E-state index contributed by atoms with van der Waals surface area (Å²) in [7, 11) is 0. The van der Waals surface area contributed by atoms with E-state index in [1.807, 2.05) is 6.07 Å². The third-order valence-corrected chi connectivity index (χ3v) is 3.49. The maximum atomic E-state index is 14.0. The zero-order valence-corrected chi connectivity index (χ0v) is 13.2. The number of phenols is 1. The maximum Gasteiger partial charge on any atom is 0.147 e. The number of nitrogens with one attached hydrogen (secondary N) is 1. The lowest BCUT2D eigenvalue weighted by molar-refractivity contribution is 0.469. The third kappa shape index (κ3) is 3.08. The molecule has 22 heavy (non-hydrogen) atoms.